The first-order valence-corrected chi connectivity index (χ1v) is 11.9. The number of aromatic hydroxyl groups is 2. The molecule has 0 saturated carbocycles. The number of hydrogen-bond acceptors (Lipinski definition) is 5. The van der Waals surface area contributed by atoms with Gasteiger partial charge in [0.1, 0.15) is 23.3 Å². The van der Waals surface area contributed by atoms with E-state index in [4.69, 9.17) is 9.15 Å². The SMILES string of the molecule is CC(C)=CCC/C(C)=C/CC/C(C)=C/COc1cc2oc(-c3ccccc3)cc(=O)c2c(O)c1O. The summed E-state index contributed by atoms with van der Waals surface area (Å²) in [4.78, 5) is 12.6. The molecule has 0 aliphatic rings. The number of benzene rings is 2. The molecular weight excluding hydrogens is 440 g/mol. The van der Waals surface area contributed by atoms with E-state index in [9.17, 15) is 15.0 Å². The fourth-order valence-corrected chi connectivity index (χ4v) is 3.74. The summed E-state index contributed by atoms with van der Waals surface area (Å²) in [5.74, 6) is -0.583. The molecule has 0 unspecified atom stereocenters. The average Bonchev–Trinajstić information content (AvgIpc) is 2.82. The molecule has 2 aromatic carbocycles. The highest BCUT2D eigenvalue weighted by molar-refractivity contribution is 5.89. The number of fused-ring (bicyclic) bond motifs is 1. The highest BCUT2D eigenvalue weighted by Gasteiger charge is 2.18. The molecule has 0 amide bonds. The largest absolute Gasteiger partial charge is 0.504 e. The summed E-state index contributed by atoms with van der Waals surface area (Å²) in [6.07, 6.45) is 10.5. The molecule has 184 valence electrons. The second kappa shape index (κ2) is 12.1. The van der Waals surface area contributed by atoms with Gasteiger partial charge >= 0.3 is 0 Å². The molecule has 0 aliphatic carbocycles. The van der Waals surface area contributed by atoms with Crippen LogP contribution in [0.4, 0.5) is 0 Å². The van der Waals surface area contributed by atoms with Crippen molar-refractivity contribution < 1.29 is 19.4 Å². The topological polar surface area (TPSA) is 79.9 Å². The molecular formula is C30H34O5. The van der Waals surface area contributed by atoms with Crippen molar-refractivity contribution in [1.29, 1.82) is 0 Å². The molecule has 3 rings (SSSR count). The monoisotopic (exact) mass is 474 g/mol. The molecule has 2 N–H and O–H groups in total. The number of ether oxygens (including phenoxy) is 1. The predicted octanol–water partition coefficient (Wildman–Crippen LogP) is 7.67. The van der Waals surface area contributed by atoms with Crippen LogP contribution in [0.3, 0.4) is 0 Å². The molecule has 3 aromatic rings. The van der Waals surface area contributed by atoms with Gasteiger partial charge in [-0.25, -0.2) is 0 Å². The van der Waals surface area contributed by atoms with Gasteiger partial charge in [0.25, 0.3) is 0 Å². The summed E-state index contributed by atoms with van der Waals surface area (Å²) in [5, 5.41) is 20.7. The molecule has 0 radical (unpaired) electrons. The molecule has 1 heterocycles. The van der Waals surface area contributed by atoms with E-state index in [0.717, 1.165) is 31.2 Å². The lowest BCUT2D eigenvalue weighted by molar-refractivity contribution is 0.324. The van der Waals surface area contributed by atoms with Gasteiger partial charge in [-0.3, -0.25) is 4.79 Å². The van der Waals surface area contributed by atoms with Crippen LogP contribution in [-0.2, 0) is 0 Å². The Labute approximate surface area is 206 Å². The molecule has 35 heavy (non-hydrogen) atoms. The normalized spacial score (nSPS) is 12.1. The minimum absolute atomic E-state index is 0.0578. The quantitative estimate of drug-likeness (QED) is 0.233. The molecule has 1 aromatic heterocycles. The second-order valence-electron chi connectivity index (χ2n) is 9.06. The van der Waals surface area contributed by atoms with Crippen molar-refractivity contribution in [2.24, 2.45) is 0 Å². The van der Waals surface area contributed by atoms with Crippen LogP contribution in [0.15, 0.2) is 86.6 Å². The molecule has 0 fully saturated rings. The van der Waals surface area contributed by atoms with Crippen LogP contribution < -0.4 is 10.2 Å². The maximum atomic E-state index is 12.6. The Balaban J connectivity index is 1.68. The minimum atomic E-state index is -0.541. The van der Waals surface area contributed by atoms with Crippen LogP contribution in [-0.4, -0.2) is 16.8 Å². The van der Waals surface area contributed by atoms with Crippen molar-refractivity contribution in [3.05, 3.63) is 87.6 Å². The van der Waals surface area contributed by atoms with Crippen LogP contribution in [0.5, 0.6) is 17.2 Å². The fraction of sp³-hybridized carbons (Fsp3) is 0.300. The molecule has 5 nitrogen and oxygen atoms in total. The van der Waals surface area contributed by atoms with E-state index in [1.165, 1.54) is 28.9 Å². The lowest BCUT2D eigenvalue weighted by Crippen LogP contribution is -2.02. The van der Waals surface area contributed by atoms with Gasteiger partial charge in [-0.2, -0.15) is 0 Å². The van der Waals surface area contributed by atoms with E-state index in [1.807, 2.05) is 43.3 Å². The van der Waals surface area contributed by atoms with Crippen molar-refractivity contribution in [1.82, 2.24) is 0 Å². The van der Waals surface area contributed by atoms with Gasteiger partial charge in [-0.15, -0.1) is 0 Å². The van der Waals surface area contributed by atoms with Crippen LogP contribution >= 0.6 is 0 Å². The summed E-state index contributed by atoms with van der Waals surface area (Å²) in [6.45, 7) is 8.66. The van der Waals surface area contributed by atoms with Crippen molar-refractivity contribution in [3.63, 3.8) is 0 Å². The number of hydrogen-bond donors (Lipinski definition) is 2. The Kier molecular flexibility index (Phi) is 8.96. The fourth-order valence-electron chi connectivity index (χ4n) is 3.74. The van der Waals surface area contributed by atoms with Gasteiger partial charge < -0.3 is 19.4 Å². The summed E-state index contributed by atoms with van der Waals surface area (Å²) in [7, 11) is 0. The van der Waals surface area contributed by atoms with Gasteiger partial charge in [0.15, 0.2) is 16.9 Å². The summed E-state index contributed by atoms with van der Waals surface area (Å²) in [5.41, 5.74) is 4.35. The Bertz CT molecular complexity index is 1310. The number of allylic oxidation sites excluding steroid dienone is 5. The third-order valence-corrected chi connectivity index (χ3v) is 5.78. The lowest BCUT2D eigenvalue weighted by atomic mass is 10.1. The Morgan fingerprint density at radius 2 is 1.54 bits per heavy atom. The Morgan fingerprint density at radius 1 is 0.886 bits per heavy atom. The van der Waals surface area contributed by atoms with Crippen molar-refractivity contribution in [2.45, 2.75) is 53.4 Å². The van der Waals surface area contributed by atoms with Crippen molar-refractivity contribution in [3.8, 4) is 28.6 Å². The average molecular weight is 475 g/mol. The summed E-state index contributed by atoms with van der Waals surface area (Å²) in [6, 6.07) is 12.0. The Hall–Kier alpha value is -3.73. The maximum absolute atomic E-state index is 12.6. The molecule has 0 atom stereocenters. The molecule has 0 bridgehead atoms. The zero-order valence-corrected chi connectivity index (χ0v) is 20.9. The van der Waals surface area contributed by atoms with E-state index in [0.29, 0.717) is 5.76 Å². The van der Waals surface area contributed by atoms with Crippen LogP contribution in [0.2, 0.25) is 0 Å². The zero-order chi connectivity index (χ0) is 25.4. The minimum Gasteiger partial charge on any atom is -0.504 e. The maximum Gasteiger partial charge on any atom is 0.201 e. The predicted molar refractivity (Wildman–Crippen MR) is 142 cm³/mol. The van der Waals surface area contributed by atoms with Crippen LogP contribution in [0.1, 0.15) is 53.4 Å². The van der Waals surface area contributed by atoms with Gasteiger partial charge in [0, 0.05) is 17.7 Å². The highest BCUT2D eigenvalue weighted by Crippen LogP contribution is 2.41. The molecule has 0 aliphatic heterocycles. The van der Waals surface area contributed by atoms with E-state index < -0.39 is 16.9 Å². The van der Waals surface area contributed by atoms with Crippen molar-refractivity contribution in [2.75, 3.05) is 6.61 Å². The summed E-state index contributed by atoms with van der Waals surface area (Å²) >= 11 is 0. The van der Waals surface area contributed by atoms with E-state index in [1.54, 1.807) is 0 Å². The third-order valence-electron chi connectivity index (χ3n) is 5.78. The van der Waals surface area contributed by atoms with E-state index in [-0.39, 0.29) is 23.3 Å². The Morgan fingerprint density at radius 3 is 2.23 bits per heavy atom. The van der Waals surface area contributed by atoms with Gasteiger partial charge in [0.2, 0.25) is 5.75 Å². The van der Waals surface area contributed by atoms with E-state index >= 15 is 0 Å². The number of phenolic OH excluding ortho intramolecular Hbond substituents is 2. The van der Waals surface area contributed by atoms with Gasteiger partial charge in [-0.05, 0) is 59.5 Å². The molecule has 0 spiro atoms. The van der Waals surface area contributed by atoms with E-state index in [2.05, 4.69) is 32.9 Å². The summed E-state index contributed by atoms with van der Waals surface area (Å²) < 4.78 is 11.6. The van der Waals surface area contributed by atoms with Crippen LogP contribution in [0.25, 0.3) is 22.3 Å². The highest BCUT2D eigenvalue weighted by atomic mass is 16.5. The van der Waals surface area contributed by atoms with Crippen LogP contribution in [0, 0.1) is 0 Å². The third kappa shape index (κ3) is 7.12. The van der Waals surface area contributed by atoms with Gasteiger partial charge in [-0.1, -0.05) is 59.2 Å². The van der Waals surface area contributed by atoms with Crippen molar-refractivity contribution >= 4 is 11.0 Å². The smallest absolute Gasteiger partial charge is 0.201 e. The molecule has 0 saturated heterocycles. The van der Waals surface area contributed by atoms with Gasteiger partial charge in [0.05, 0.1) is 0 Å². The number of phenols is 2. The first-order valence-electron chi connectivity index (χ1n) is 11.9. The first kappa shape index (κ1) is 25.9. The standard InChI is InChI=1S/C30H34O5/c1-20(2)10-8-11-21(3)12-9-13-22(4)16-17-34-27-19-26-28(30(33)29(27)32)24(31)18-25(35-26)23-14-6-5-7-15-23/h5-7,10,12,14-16,18-19,32-33H,8-9,11,13,17H2,1-4H3/b21-12+,22-16+. The zero-order valence-electron chi connectivity index (χ0n) is 20.9. The molecule has 5 heteroatoms. The second-order valence-corrected chi connectivity index (χ2v) is 9.06. The number of rotatable bonds is 10. The lowest BCUT2D eigenvalue weighted by Gasteiger charge is -2.11. The first-order chi connectivity index (χ1) is 16.8.